The normalized spacial score (nSPS) is 30.8. The van der Waals surface area contributed by atoms with Gasteiger partial charge in [0.05, 0.1) is 0 Å². The van der Waals surface area contributed by atoms with Gasteiger partial charge < -0.3 is 0 Å². The molecule has 20 heavy (non-hydrogen) atoms. The van der Waals surface area contributed by atoms with E-state index in [0.717, 1.165) is 37.2 Å². The number of fused-ring (bicyclic) bond motifs is 5. The van der Waals surface area contributed by atoms with Crippen LogP contribution in [0.2, 0.25) is 0 Å². The number of ketones is 1. The van der Waals surface area contributed by atoms with E-state index in [0.29, 0.717) is 11.2 Å². The van der Waals surface area contributed by atoms with Crippen molar-refractivity contribution in [1.29, 1.82) is 0 Å². The van der Waals surface area contributed by atoms with Crippen LogP contribution in [0.5, 0.6) is 0 Å². The van der Waals surface area contributed by atoms with Crippen molar-refractivity contribution in [3.8, 4) is 0 Å². The highest BCUT2D eigenvalue weighted by Crippen LogP contribution is 2.59. The van der Waals surface area contributed by atoms with Crippen molar-refractivity contribution in [1.82, 2.24) is 0 Å². The Hall–Kier alpha value is -1.37. The van der Waals surface area contributed by atoms with Crippen molar-refractivity contribution in [3.63, 3.8) is 0 Å². The standard InChI is InChI=1S/C19H22O/c1-2-4-14-5-3-6-16-17(20)9-10-19(18(14)16)12-13-7-8-15(19)11-13/h3,5-7,15H,2,4,8-12H2,1H3. The van der Waals surface area contributed by atoms with Gasteiger partial charge in [0.2, 0.25) is 0 Å². The molecule has 0 saturated heterocycles. The zero-order valence-corrected chi connectivity index (χ0v) is 12.2. The summed E-state index contributed by atoms with van der Waals surface area (Å²) in [6.07, 6.45) is 10.3. The predicted octanol–water partition coefficient (Wildman–Crippen LogP) is 4.59. The molecule has 2 bridgehead atoms. The van der Waals surface area contributed by atoms with E-state index in [-0.39, 0.29) is 0 Å². The van der Waals surface area contributed by atoms with Gasteiger partial charge in [-0.05, 0) is 49.1 Å². The third-order valence-electron chi connectivity index (χ3n) is 5.79. The number of allylic oxidation sites excluding steroid dienone is 2. The van der Waals surface area contributed by atoms with Gasteiger partial charge in [-0.25, -0.2) is 0 Å². The third-order valence-corrected chi connectivity index (χ3v) is 5.79. The van der Waals surface area contributed by atoms with Gasteiger partial charge in [-0.2, -0.15) is 0 Å². The maximum atomic E-state index is 12.4. The molecular formula is C19H22O. The van der Waals surface area contributed by atoms with Crippen LogP contribution in [0.4, 0.5) is 0 Å². The molecule has 0 radical (unpaired) electrons. The van der Waals surface area contributed by atoms with Gasteiger partial charge in [-0.1, -0.05) is 43.2 Å². The average molecular weight is 266 g/mol. The number of carbonyl (C=O) groups excluding carboxylic acids is 1. The van der Waals surface area contributed by atoms with Gasteiger partial charge in [0.1, 0.15) is 0 Å². The molecule has 2 atom stereocenters. The minimum atomic E-state index is 0.305. The highest BCUT2D eigenvalue weighted by atomic mass is 16.1. The molecule has 1 aromatic rings. The Morgan fingerprint density at radius 3 is 2.95 bits per heavy atom. The van der Waals surface area contributed by atoms with E-state index in [2.05, 4.69) is 31.2 Å². The summed E-state index contributed by atoms with van der Waals surface area (Å²) in [5.74, 6) is 1.14. The summed E-state index contributed by atoms with van der Waals surface area (Å²) in [5.41, 5.74) is 5.91. The molecule has 4 rings (SSSR count). The predicted molar refractivity (Wildman–Crippen MR) is 81.1 cm³/mol. The fourth-order valence-electron chi connectivity index (χ4n) is 4.99. The Labute approximate surface area is 121 Å². The Balaban J connectivity index is 1.92. The first-order chi connectivity index (χ1) is 9.74. The van der Waals surface area contributed by atoms with Gasteiger partial charge in [0, 0.05) is 17.4 Å². The van der Waals surface area contributed by atoms with Crippen LogP contribution in [0.1, 0.15) is 66.9 Å². The largest absolute Gasteiger partial charge is 0.294 e. The molecule has 1 heteroatoms. The van der Waals surface area contributed by atoms with Gasteiger partial charge in [0.15, 0.2) is 5.78 Å². The Bertz CT molecular complexity index is 610. The molecule has 0 amide bonds. The SMILES string of the molecule is CCCc1cccc2c1C1(CCC2=O)CC2=CCC1C2. The third kappa shape index (κ3) is 1.52. The molecule has 0 aliphatic heterocycles. The number of rotatable bonds is 2. The summed E-state index contributed by atoms with van der Waals surface area (Å²) in [6.45, 7) is 2.24. The summed E-state index contributed by atoms with van der Waals surface area (Å²) >= 11 is 0. The van der Waals surface area contributed by atoms with Crippen LogP contribution in [0.25, 0.3) is 0 Å². The smallest absolute Gasteiger partial charge is 0.163 e. The van der Waals surface area contributed by atoms with Gasteiger partial charge in [-0.3, -0.25) is 4.79 Å². The van der Waals surface area contributed by atoms with E-state index >= 15 is 0 Å². The molecule has 1 fully saturated rings. The first kappa shape index (κ1) is 12.4. The van der Waals surface area contributed by atoms with E-state index < -0.39 is 0 Å². The molecule has 3 aliphatic rings. The summed E-state index contributed by atoms with van der Waals surface area (Å²) in [4.78, 5) is 12.4. The molecule has 1 aromatic carbocycles. The van der Waals surface area contributed by atoms with Crippen LogP contribution in [0.3, 0.4) is 0 Å². The van der Waals surface area contributed by atoms with Crippen LogP contribution in [0, 0.1) is 5.92 Å². The Morgan fingerprint density at radius 2 is 2.25 bits per heavy atom. The number of aryl methyl sites for hydroxylation is 1. The highest BCUT2D eigenvalue weighted by Gasteiger charge is 2.51. The van der Waals surface area contributed by atoms with E-state index in [1.165, 1.54) is 30.4 Å². The lowest BCUT2D eigenvalue weighted by atomic mass is 9.61. The van der Waals surface area contributed by atoms with Crippen LogP contribution in [-0.4, -0.2) is 5.78 Å². The van der Waals surface area contributed by atoms with E-state index in [9.17, 15) is 4.79 Å². The fourth-order valence-corrected chi connectivity index (χ4v) is 4.99. The lowest BCUT2D eigenvalue weighted by Gasteiger charge is -2.42. The van der Waals surface area contributed by atoms with Crippen molar-refractivity contribution >= 4 is 5.78 Å². The fraction of sp³-hybridized carbons (Fsp3) is 0.526. The van der Waals surface area contributed by atoms with Crippen molar-refractivity contribution in [2.45, 2.75) is 57.3 Å². The average Bonchev–Trinajstić information content (AvgIpc) is 3.05. The first-order valence-corrected chi connectivity index (χ1v) is 8.08. The maximum Gasteiger partial charge on any atom is 0.163 e. The molecule has 0 heterocycles. The second-order valence-electron chi connectivity index (χ2n) is 6.84. The lowest BCUT2D eigenvalue weighted by Crippen LogP contribution is -2.38. The summed E-state index contributed by atoms with van der Waals surface area (Å²) in [6, 6.07) is 6.44. The van der Waals surface area contributed by atoms with E-state index in [4.69, 9.17) is 0 Å². The van der Waals surface area contributed by atoms with Gasteiger partial charge in [-0.15, -0.1) is 0 Å². The second kappa shape index (κ2) is 4.31. The molecule has 1 saturated carbocycles. The highest BCUT2D eigenvalue weighted by molar-refractivity contribution is 5.99. The minimum Gasteiger partial charge on any atom is -0.294 e. The second-order valence-corrected chi connectivity index (χ2v) is 6.84. The monoisotopic (exact) mass is 266 g/mol. The van der Waals surface area contributed by atoms with Gasteiger partial charge in [0.25, 0.3) is 0 Å². The molecule has 1 spiro atoms. The minimum absolute atomic E-state index is 0.305. The maximum absolute atomic E-state index is 12.4. The van der Waals surface area contributed by atoms with E-state index in [1.54, 1.807) is 5.57 Å². The van der Waals surface area contributed by atoms with E-state index in [1.807, 2.05) is 0 Å². The number of carbonyl (C=O) groups is 1. The molecule has 104 valence electrons. The van der Waals surface area contributed by atoms with Crippen molar-refractivity contribution in [3.05, 3.63) is 46.5 Å². The van der Waals surface area contributed by atoms with Crippen molar-refractivity contribution in [2.75, 3.05) is 0 Å². The van der Waals surface area contributed by atoms with Crippen LogP contribution in [-0.2, 0) is 11.8 Å². The number of benzene rings is 1. The van der Waals surface area contributed by atoms with Crippen molar-refractivity contribution in [2.24, 2.45) is 5.92 Å². The van der Waals surface area contributed by atoms with Crippen LogP contribution < -0.4 is 0 Å². The van der Waals surface area contributed by atoms with Crippen molar-refractivity contribution < 1.29 is 4.79 Å². The molecule has 0 N–H and O–H groups in total. The first-order valence-electron chi connectivity index (χ1n) is 8.08. The molecule has 0 aromatic heterocycles. The number of Topliss-reactive ketones (excluding diaryl/α,β-unsaturated/α-hetero) is 1. The van der Waals surface area contributed by atoms with Crippen LogP contribution in [0.15, 0.2) is 29.8 Å². The number of hydrogen-bond donors (Lipinski definition) is 0. The molecule has 2 unspecified atom stereocenters. The summed E-state index contributed by atoms with van der Waals surface area (Å²) < 4.78 is 0. The quantitative estimate of drug-likeness (QED) is 0.715. The zero-order chi connectivity index (χ0) is 13.7. The zero-order valence-electron chi connectivity index (χ0n) is 12.2. The topological polar surface area (TPSA) is 17.1 Å². The van der Waals surface area contributed by atoms with Gasteiger partial charge >= 0.3 is 0 Å². The number of hydrogen-bond acceptors (Lipinski definition) is 1. The Kier molecular flexibility index (Phi) is 2.67. The summed E-state index contributed by atoms with van der Waals surface area (Å²) in [7, 11) is 0. The summed E-state index contributed by atoms with van der Waals surface area (Å²) in [5, 5.41) is 0. The molecule has 3 aliphatic carbocycles. The Morgan fingerprint density at radius 1 is 1.35 bits per heavy atom. The molecular weight excluding hydrogens is 244 g/mol. The lowest BCUT2D eigenvalue weighted by molar-refractivity contribution is 0.0938. The molecule has 1 nitrogen and oxygen atoms in total. The van der Waals surface area contributed by atoms with Crippen LogP contribution >= 0.6 is 0 Å².